The third kappa shape index (κ3) is 3.69. The molecule has 0 saturated heterocycles. The average molecular weight is 374 g/mol. The maximum atomic E-state index is 13.1. The molecular weight excluding hydrogens is 350 g/mol. The van der Waals surface area contributed by atoms with E-state index in [9.17, 15) is 8.42 Å². The summed E-state index contributed by atoms with van der Waals surface area (Å²) in [7, 11) is -3.32. The minimum atomic E-state index is -3.32. The highest BCUT2D eigenvalue weighted by molar-refractivity contribution is 9.10. The number of halogens is 1. The predicted octanol–water partition coefficient (Wildman–Crippen LogP) is 3.64. The van der Waals surface area contributed by atoms with Crippen LogP contribution in [-0.2, 0) is 9.84 Å². The van der Waals surface area contributed by atoms with Crippen molar-refractivity contribution in [2.45, 2.75) is 49.8 Å². The monoisotopic (exact) mass is 373 g/mol. The maximum absolute atomic E-state index is 13.1. The number of nitrogens with one attached hydrogen (secondary N) is 1. The molecule has 0 bridgehead atoms. The van der Waals surface area contributed by atoms with E-state index in [0.717, 1.165) is 23.9 Å². The van der Waals surface area contributed by atoms with Crippen molar-refractivity contribution in [3.63, 3.8) is 0 Å². The third-order valence-corrected chi connectivity index (χ3v) is 7.25. The van der Waals surface area contributed by atoms with Crippen molar-refractivity contribution in [1.82, 2.24) is 5.32 Å². The first-order valence-electron chi connectivity index (χ1n) is 7.59. The number of hydrogen-bond donors (Lipinski definition) is 1. The lowest BCUT2D eigenvalue weighted by molar-refractivity contribution is 0.244. The van der Waals surface area contributed by atoms with Gasteiger partial charge in [-0.1, -0.05) is 42.8 Å². The standard InChI is InChI=1S/C16H24BrNO2S/c1-4-18-15-9-11(2)8-12(3)16(15)21(19,20)14-7-5-6-13(17)10-14/h5-7,10-12,15-16,18H,4,8-9H2,1-3H3. The fourth-order valence-corrected chi connectivity index (χ4v) is 6.40. The Balaban J connectivity index is 2.40. The van der Waals surface area contributed by atoms with Crippen molar-refractivity contribution in [2.75, 3.05) is 6.54 Å². The van der Waals surface area contributed by atoms with E-state index in [-0.39, 0.29) is 17.2 Å². The van der Waals surface area contributed by atoms with Gasteiger partial charge in [0.05, 0.1) is 10.1 Å². The average Bonchev–Trinajstić information content (AvgIpc) is 2.37. The molecule has 21 heavy (non-hydrogen) atoms. The van der Waals surface area contributed by atoms with E-state index < -0.39 is 9.84 Å². The molecule has 1 aromatic rings. The summed E-state index contributed by atoms with van der Waals surface area (Å²) >= 11 is 3.37. The molecule has 1 aliphatic rings. The summed E-state index contributed by atoms with van der Waals surface area (Å²) in [6.07, 6.45) is 1.90. The Labute approximate surface area is 136 Å². The van der Waals surface area contributed by atoms with E-state index in [0.29, 0.717) is 10.8 Å². The molecule has 1 aromatic carbocycles. The maximum Gasteiger partial charge on any atom is 0.183 e. The molecule has 0 radical (unpaired) electrons. The molecular formula is C16H24BrNO2S. The van der Waals surface area contributed by atoms with E-state index in [4.69, 9.17) is 0 Å². The lowest BCUT2D eigenvalue weighted by Gasteiger charge is -2.39. The van der Waals surface area contributed by atoms with E-state index in [1.54, 1.807) is 18.2 Å². The second-order valence-corrected chi connectivity index (χ2v) is 9.21. The zero-order chi connectivity index (χ0) is 15.6. The van der Waals surface area contributed by atoms with Gasteiger partial charge in [-0.25, -0.2) is 8.42 Å². The van der Waals surface area contributed by atoms with Crippen LogP contribution in [0.4, 0.5) is 0 Å². The first kappa shape index (κ1) is 17.0. The van der Waals surface area contributed by atoms with E-state index in [1.165, 1.54) is 0 Å². The van der Waals surface area contributed by atoms with E-state index in [2.05, 4.69) is 35.1 Å². The van der Waals surface area contributed by atoms with Gasteiger partial charge in [-0.05, 0) is 49.4 Å². The molecule has 0 amide bonds. The Hall–Kier alpha value is -0.390. The van der Waals surface area contributed by atoms with Crippen LogP contribution in [0, 0.1) is 11.8 Å². The molecule has 1 aliphatic carbocycles. The second kappa shape index (κ2) is 6.80. The largest absolute Gasteiger partial charge is 0.313 e. The van der Waals surface area contributed by atoms with Crippen molar-refractivity contribution < 1.29 is 8.42 Å². The van der Waals surface area contributed by atoms with E-state index >= 15 is 0 Å². The molecule has 118 valence electrons. The van der Waals surface area contributed by atoms with E-state index in [1.807, 2.05) is 13.0 Å². The van der Waals surface area contributed by atoms with Crippen molar-refractivity contribution in [3.05, 3.63) is 28.7 Å². The van der Waals surface area contributed by atoms with Crippen LogP contribution in [0.15, 0.2) is 33.6 Å². The molecule has 1 N–H and O–H groups in total. The van der Waals surface area contributed by atoms with Crippen LogP contribution in [0.25, 0.3) is 0 Å². The zero-order valence-corrected chi connectivity index (χ0v) is 15.2. The normalized spacial score (nSPS) is 30.3. The summed E-state index contributed by atoms with van der Waals surface area (Å²) < 4.78 is 27.0. The number of hydrogen-bond acceptors (Lipinski definition) is 3. The fraction of sp³-hybridized carbons (Fsp3) is 0.625. The molecule has 2 rings (SSSR count). The van der Waals surface area contributed by atoms with Crippen LogP contribution in [0.3, 0.4) is 0 Å². The van der Waals surface area contributed by atoms with Gasteiger partial charge in [0.1, 0.15) is 0 Å². The van der Waals surface area contributed by atoms with Gasteiger partial charge in [-0.15, -0.1) is 0 Å². The first-order valence-corrected chi connectivity index (χ1v) is 9.93. The summed E-state index contributed by atoms with van der Waals surface area (Å²) in [5.41, 5.74) is 0. The molecule has 0 aliphatic heterocycles. The Bertz CT molecular complexity index is 588. The Morgan fingerprint density at radius 3 is 2.62 bits per heavy atom. The molecule has 4 unspecified atom stereocenters. The SMILES string of the molecule is CCNC1CC(C)CC(C)C1S(=O)(=O)c1cccc(Br)c1. The quantitative estimate of drug-likeness (QED) is 0.875. The third-order valence-electron chi connectivity index (χ3n) is 4.34. The minimum absolute atomic E-state index is 0.0396. The predicted molar refractivity (Wildman–Crippen MR) is 90.1 cm³/mol. The summed E-state index contributed by atoms with van der Waals surface area (Å²) in [6.45, 7) is 7.12. The van der Waals surface area contributed by atoms with Gasteiger partial charge in [0.2, 0.25) is 0 Å². The van der Waals surface area contributed by atoms with Crippen LogP contribution in [0.1, 0.15) is 33.6 Å². The molecule has 5 heteroatoms. The van der Waals surface area contributed by atoms with Gasteiger partial charge < -0.3 is 5.32 Å². The molecule has 0 heterocycles. The number of benzene rings is 1. The second-order valence-electron chi connectivity index (χ2n) is 6.19. The Kier molecular flexibility index (Phi) is 5.49. The van der Waals surface area contributed by atoms with Gasteiger partial charge >= 0.3 is 0 Å². The summed E-state index contributed by atoms with van der Waals surface area (Å²) in [5.74, 6) is 0.736. The Morgan fingerprint density at radius 2 is 2.00 bits per heavy atom. The van der Waals surface area contributed by atoms with Gasteiger partial charge in [-0.2, -0.15) is 0 Å². The molecule has 0 aromatic heterocycles. The molecule has 1 saturated carbocycles. The fourth-order valence-electron chi connectivity index (χ4n) is 3.61. The van der Waals surface area contributed by atoms with Crippen LogP contribution in [0.2, 0.25) is 0 Å². The lowest BCUT2D eigenvalue weighted by atomic mass is 9.80. The van der Waals surface area contributed by atoms with Crippen molar-refractivity contribution in [2.24, 2.45) is 11.8 Å². The number of rotatable bonds is 4. The van der Waals surface area contributed by atoms with Crippen LogP contribution >= 0.6 is 15.9 Å². The molecule has 1 fully saturated rings. The van der Waals surface area contributed by atoms with Crippen molar-refractivity contribution in [1.29, 1.82) is 0 Å². The highest BCUT2D eigenvalue weighted by atomic mass is 79.9. The highest BCUT2D eigenvalue weighted by Crippen LogP contribution is 2.36. The van der Waals surface area contributed by atoms with Crippen molar-refractivity contribution in [3.8, 4) is 0 Å². The summed E-state index contributed by atoms with van der Waals surface area (Å²) in [6, 6.07) is 7.09. The van der Waals surface area contributed by atoms with Crippen LogP contribution in [0.5, 0.6) is 0 Å². The molecule has 4 atom stereocenters. The van der Waals surface area contributed by atoms with Gasteiger partial charge in [0.25, 0.3) is 0 Å². The number of sulfone groups is 1. The topological polar surface area (TPSA) is 46.2 Å². The molecule has 3 nitrogen and oxygen atoms in total. The zero-order valence-electron chi connectivity index (χ0n) is 12.8. The van der Waals surface area contributed by atoms with Crippen molar-refractivity contribution >= 4 is 25.8 Å². The van der Waals surface area contributed by atoms with Crippen LogP contribution in [-0.4, -0.2) is 26.3 Å². The lowest BCUT2D eigenvalue weighted by Crippen LogP contribution is -2.51. The van der Waals surface area contributed by atoms with Crippen LogP contribution < -0.4 is 5.32 Å². The molecule has 0 spiro atoms. The smallest absolute Gasteiger partial charge is 0.183 e. The van der Waals surface area contributed by atoms with Gasteiger partial charge in [0.15, 0.2) is 9.84 Å². The van der Waals surface area contributed by atoms with Gasteiger partial charge in [-0.3, -0.25) is 0 Å². The Morgan fingerprint density at radius 1 is 1.29 bits per heavy atom. The highest BCUT2D eigenvalue weighted by Gasteiger charge is 2.42. The summed E-state index contributed by atoms with van der Waals surface area (Å²) in [5, 5.41) is 3.05. The van der Waals surface area contributed by atoms with Gasteiger partial charge in [0, 0.05) is 10.5 Å². The first-order chi connectivity index (χ1) is 9.86. The minimum Gasteiger partial charge on any atom is -0.313 e. The summed E-state index contributed by atoms with van der Waals surface area (Å²) in [4.78, 5) is 0.422.